The van der Waals surface area contributed by atoms with Gasteiger partial charge in [-0.2, -0.15) is 0 Å². The van der Waals surface area contributed by atoms with E-state index in [0.29, 0.717) is 30.4 Å². The van der Waals surface area contributed by atoms with Gasteiger partial charge in [-0.3, -0.25) is 4.79 Å². The van der Waals surface area contributed by atoms with Gasteiger partial charge in [0.2, 0.25) is 5.91 Å². The summed E-state index contributed by atoms with van der Waals surface area (Å²) in [4.78, 5) is 17.0. The summed E-state index contributed by atoms with van der Waals surface area (Å²) in [6.45, 7) is 4.74. The van der Waals surface area contributed by atoms with E-state index in [1.807, 2.05) is 24.3 Å². The molecule has 3 aromatic rings. The van der Waals surface area contributed by atoms with Gasteiger partial charge in [0.1, 0.15) is 18.2 Å². The molecule has 5 rings (SSSR count). The van der Waals surface area contributed by atoms with Crippen molar-refractivity contribution in [3.8, 4) is 11.5 Å². The molecule has 1 aromatic heterocycles. The maximum Gasteiger partial charge on any atom is 0.234 e. The van der Waals surface area contributed by atoms with E-state index in [1.54, 1.807) is 12.1 Å². The average molecular weight is 464 g/mol. The highest BCUT2D eigenvalue weighted by Gasteiger charge is 2.19. The van der Waals surface area contributed by atoms with Crippen molar-refractivity contribution in [3.05, 3.63) is 60.7 Å². The van der Waals surface area contributed by atoms with Gasteiger partial charge in [0.15, 0.2) is 17.3 Å². The highest BCUT2D eigenvalue weighted by atomic mass is 32.2. The third-order valence-electron chi connectivity index (χ3n) is 5.53. The Bertz CT molecular complexity index is 1090. The van der Waals surface area contributed by atoms with Crippen molar-refractivity contribution in [3.63, 3.8) is 0 Å². The molecule has 0 saturated carbocycles. The van der Waals surface area contributed by atoms with Crippen LogP contribution >= 0.6 is 11.8 Å². The molecule has 0 spiro atoms. The lowest BCUT2D eigenvalue weighted by molar-refractivity contribution is -0.113. The maximum absolute atomic E-state index is 12.4. The Balaban J connectivity index is 1.10. The minimum absolute atomic E-state index is 0.111. The number of thioether (sulfide) groups is 1. The fourth-order valence-corrected chi connectivity index (χ4v) is 4.46. The highest BCUT2D eigenvalue weighted by molar-refractivity contribution is 7.99. The van der Waals surface area contributed by atoms with Crippen LogP contribution in [0, 0.1) is 0 Å². The van der Waals surface area contributed by atoms with Crippen LogP contribution < -0.4 is 24.6 Å². The van der Waals surface area contributed by atoms with Crippen LogP contribution in [0.2, 0.25) is 0 Å². The molecule has 2 aliphatic rings. The zero-order chi connectivity index (χ0) is 22.5. The lowest BCUT2D eigenvalue weighted by atomic mass is 10.2. The van der Waals surface area contributed by atoms with Crippen molar-refractivity contribution in [2.24, 2.45) is 0 Å². The van der Waals surface area contributed by atoms with Gasteiger partial charge in [-0.1, -0.05) is 30.0 Å². The van der Waals surface area contributed by atoms with Crippen LogP contribution in [0.1, 0.15) is 0 Å². The SMILES string of the molecule is O=C(CSc1ccc(N2CCN(c3ccccc3)CC2)nn1)Nc1ccc2c(c1)OCCO2. The molecule has 0 radical (unpaired) electrons. The maximum atomic E-state index is 12.4. The monoisotopic (exact) mass is 463 g/mol. The molecule has 3 heterocycles. The van der Waals surface area contributed by atoms with E-state index >= 15 is 0 Å². The Hall–Kier alpha value is -3.46. The Morgan fingerprint density at radius 2 is 1.64 bits per heavy atom. The van der Waals surface area contributed by atoms with Crippen molar-refractivity contribution in [1.29, 1.82) is 0 Å². The molecule has 1 amide bonds. The second kappa shape index (κ2) is 9.99. The summed E-state index contributed by atoms with van der Waals surface area (Å²) in [6.07, 6.45) is 0. The molecule has 1 saturated heterocycles. The second-order valence-electron chi connectivity index (χ2n) is 7.73. The van der Waals surface area contributed by atoms with Gasteiger partial charge < -0.3 is 24.6 Å². The topological polar surface area (TPSA) is 79.8 Å². The highest BCUT2D eigenvalue weighted by Crippen LogP contribution is 2.32. The Kier molecular flexibility index (Phi) is 6.48. The number of para-hydroxylation sites is 1. The van der Waals surface area contributed by atoms with Crippen molar-refractivity contribution in [2.45, 2.75) is 5.03 Å². The van der Waals surface area contributed by atoms with Crippen molar-refractivity contribution in [1.82, 2.24) is 10.2 Å². The third kappa shape index (κ3) is 5.31. The molecule has 1 N–H and O–H groups in total. The van der Waals surface area contributed by atoms with Crippen LogP contribution in [0.4, 0.5) is 17.2 Å². The van der Waals surface area contributed by atoms with E-state index in [1.165, 1.54) is 17.4 Å². The van der Waals surface area contributed by atoms with Crippen LogP contribution in [0.5, 0.6) is 11.5 Å². The van der Waals surface area contributed by atoms with Gasteiger partial charge in [-0.05, 0) is 36.4 Å². The summed E-state index contributed by atoms with van der Waals surface area (Å²) in [6, 6.07) is 19.8. The van der Waals surface area contributed by atoms with Gasteiger partial charge >= 0.3 is 0 Å². The summed E-state index contributed by atoms with van der Waals surface area (Å²) in [5, 5.41) is 12.3. The van der Waals surface area contributed by atoms with E-state index < -0.39 is 0 Å². The third-order valence-corrected chi connectivity index (χ3v) is 6.45. The van der Waals surface area contributed by atoms with Gasteiger partial charge in [0, 0.05) is 43.6 Å². The minimum Gasteiger partial charge on any atom is -0.486 e. The smallest absolute Gasteiger partial charge is 0.234 e. The largest absolute Gasteiger partial charge is 0.486 e. The minimum atomic E-state index is -0.111. The molecular formula is C24H25N5O3S. The summed E-state index contributed by atoms with van der Waals surface area (Å²) >= 11 is 1.36. The van der Waals surface area contributed by atoms with E-state index in [4.69, 9.17) is 9.47 Å². The second-order valence-corrected chi connectivity index (χ2v) is 8.73. The number of hydrogen-bond donors (Lipinski definition) is 1. The zero-order valence-corrected chi connectivity index (χ0v) is 19.0. The first-order chi connectivity index (χ1) is 16.2. The number of rotatable bonds is 6. The lowest BCUT2D eigenvalue weighted by Gasteiger charge is -2.36. The summed E-state index contributed by atoms with van der Waals surface area (Å²) in [5.41, 5.74) is 1.94. The predicted octanol–water partition coefficient (Wildman–Crippen LogP) is 3.31. The number of fused-ring (bicyclic) bond motifs is 1. The number of anilines is 3. The van der Waals surface area contributed by atoms with Gasteiger partial charge in [0.25, 0.3) is 0 Å². The standard InChI is InChI=1S/C24H25N5O3S/c30-23(25-18-6-7-20-21(16-18)32-15-14-31-20)17-33-24-9-8-22(26-27-24)29-12-10-28(11-13-29)19-4-2-1-3-5-19/h1-9,16H,10-15,17H2,(H,25,30). The van der Waals surface area contributed by atoms with E-state index in [0.717, 1.165) is 37.0 Å². The predicted molar refractivity (Wildman–Crippen MR) is 130 cm³/mol. The molecule has 0 bridgehead atoms. The summed E-state index contributed by atoms with van der Waals surface area (Å²) in [7, 11) is 0. The molecule has 1 fully saturated rings. The first kappa shape index (κ1) is 21.4. The Labute approximate surface area is 196 Å². The fourth-order valence-electron chi connectivity index (χ4n) is 3.85. The van der Waals surface area contributed by atoms with Crippen LogP contribution in [0.15, 0.2) is 65.7 Å². The van der Waals surface area contributed by atoms with Gasteiger partial charge in [0.05, 0.1) is 5.75 Å². The average Bonchev–Trinajstić information content (AvgIpc) is 2.88. The molecule has 2 aliphatic heterocycles. The van der Waals surface area contributed by atoms with E-state index in [-0.39, 0.29) is 11.7 Å². The zero-order valence-electron chi connectivity index (χ0n) is 18.1. The number of hydrogen-bond acceptors (Lipinski definition) is 8. The van der Waals surface area contributed by atoms with Crippen molar-refractivity contribution < 1.29 is 14.3 Å². The van der Waals surface area contributed by atoms with Crippen LogP contribution in [-0.2, 0) is 4.79 Å². The fraction of sp³-hybridized carbons (Fsp3) is 0.292. The summed E-state index contributed by atoms with van der Waals surface area (Å²) in [5.74, 6) is 2.36. The number of ether oxygens (including phenoxy) is 2. The Morgan fingerprint density at radius 3 is 2.39 bits per heavy atom. The van der Waals surface area contributed by atoms with Crippen LogP contribution in [-0.4, -0.2) is 61.3 Å². The number of piperazine rings is 1. The lowest BCUT2D eigenvalue weighted by Crippen LogP contribution is -2.46. The molecule has 0 unspecified atom stereocenters. The molecule has 9 heteroatoms. The number of benzene rings is 2. The molecule has 170 valence electrons. The molecule has 8 nitrogen and oxygen atoms in total. The van der Waals surface area contributed by atoms with Crippen LogP contribution in [0.3, 0.4) is 0 Å². The Morgan fingerprint density at radius 1 is 0.879 bits per heavy atom. The summed E-state index contributed by atoms with van der Waals surface area (Å²) < 4.78 is 11.1. The number of nitrogens with one attached hydrogen (secondary N) is 1. The number of carbonyl (C=O) groups is 1. The number of aromatic nitrogens is 2. The first-order valence-corrected chi connectivity index (χ1v) is 11.9. The van der Waals surface area contributed by atoms with E-state index in [9.17, 15) is 4.79 Å². The van der Waals surface area contributed by atoms with E-state index in [2.05, 4.69) is 49.6 Å². The number of amides is 1. The molecule has 0 atom stereocenters. The van der Waals surface area contributed by atoms with Gasteiger partial charge in [-0.15, -0.1) is 10.2 Å². The molecule has 2 aromatic carbocycles. The number of nitrogens with zero attached hydrogens (tertiary/aromatic N) is 4. The molecular weight excluding hydrogens is 438 g/mol. The number of carbonyl (C=O) groups excluding carboxylic acids is 1. The van der Waals surface area contributed by atoms with Crippen molar-refractivity contribution >= 4 is 34.9 Å². The van der Waals surface area contributed by atoms with Gasteiger partial charge in [-0.25, -0.2) is 0 Å². The normalized spacial score (nSPS) is 15.3. The quantitative estimate of drug-likeness (QED) is 0.558. The molecule has 33 heavy (non-hydrogen) atoms. The molecule has 0 aliphatic carbocycles. The van der Waals surface area contributed by atoms with Crippen LogP contribution in [0.25, 0.3) is 0 Å². The van der Waals surface area contributed by atoms with Crippen molar-refractivity contribution in [2.75, 3.05) is 60.3 Å². The first-order valence-electron chi connectivity index (χ1n) is 11.0.